The average Bonchev–Trinajstić information content (AvgIpc) is 3.10. The highest BCUT2D eigenvalue weighted by Crippen LogP contribution is 2.66. The van der Waals surface area contributed by atoms with Crippen LogP contribution in [0.15, 0.2) is 11.1 Å². The van der Waals surface area contributed by atoms with Crippen LogP contribution in [0.5, 0.6) is 0 Å². The molecule has 1 aliphatic heterocycles. The lowest BCUT2D eigenvalue weighted by Crippen LogP contribution is -2.40. The van der Waals surface area contributed by atoms with Crippen LogP contribution >= 0.6 is 22.4 Å². The summed E-state index contributed by atoms with van der Waals surface area (Å²) in [5, 5.41) is 10.3. The van der Waals surface area contributed by atoms with Crippen LogP contribution in [0.2, 0.25) is 0 Å². The first-order valence-electron chi connectivity index (χ1n) is 8.45. The number of nitrogen functional groups attached to an aromatic ring is 1. The summed E-state index contributed by atoms with van der Waals surface area (Å²) >= 11 is 4.46. The summed E-state index contributed by atoms with van der Waals surface area (Å²) in [6.45, 7) is -4.66. The zero-order valence-corrected chi connectivity index (χ0v) is 19.7. The highest BCUT2D eigenvalue weighted by atomic mass is 32.5. The van der Waals surface area contributed by atoms with Crippen LogP contribution in [-0.4, -0.2) is 68.7 Å². The fraction of sp³-hybridized carbons (Fsp3) is 0.545. The molecule has 1 saturated heterocycles. The molecule has 3 rings (SSSR count). The minimum Gasteiger partial charge on any atom is -0.387 e. The quantitative estimate of drug-likeness (QED) is 0.196. The summed E-state index contributed by atoms with van der Waals surface area (Å²) in [6, 6.07) is 0. The molecule has 6 atom stereocenters. The lowest BCUT2D eigenvalue weighted by atomic mass is 9.98. The number of aromatic nitrogens is 4. The van der Waals surface area contributed by atoms with Gasteiger partial charge in [0.25, 0.3) is 5.56 Å². The largest absolute Gasteiger partial charge is 0.488 e. The molecule has 17 nitrogen and oxygen atoms in total. The molecule has 3 heterocycles. The van der Waals surface area contributed by atoms with E-state index in [4.69, 9.17) is 24.8 Å². The van der Waals surface area contributed by atoms with Gasteiger partial charge in [0.2, 0.25) is 5.95 Å². The second-order valence-corrected chi connectivity index (χ2v) is 12.6. The smallest absolute Gasteiger partial charge is 0.387 e. The first-order chi connectivity index (χ1) is 14.9. The molecule has 186 valence electrons. The number of hydrogen-bond acceptors (Lipinski definition) is 12. The maximum absolute atomic E-state index is 15.4. The van der Waals surface area contributed by atoms with E-state index in [-0.39, 0.29) is 17.1 Å². The molecular formula is C11H17FN5O12P3S. The molecule has 0 aliphatic carbocycles. The van der Waals surface area contributed by atoms with Gasteiger partial charge in [0.1, 0.15) is 12.2 Å². The maximum atomic E-state index is 15.4. The number of aliphatic hydroxyl groups excluding tert-OH is 1. The van der Waals surface area contributed by atoms with Gasteiger partial charge in [-0.1, -0.05) is 0 Å². The van der Waals surface area contributed by atoms with E-state index in [0.717, 1.165) is 17.8 Å². The molecule has 8 N–H and O–H groups in total. The summed E-state index contributed by atoms with van der Waals surface area (Å²) in [4.78, 5) is 58.1. The molecule has 2 aromatic rings. The van der Waals surface area contributed by atoms with Crippen molar-refractivity contribution in [3.8, 4) is 0 Å². The maximum Gasteiger partial charge on any atom is 0.488 e. The van der Waals surface area contributed by atoms with Crippen molar-refractivity contribution in [2.24, 2.45) is 0 Å². The minimum absolute atomic E-state index is 0.162. The number of aromatic amines is 1. The van der Waals surface area contributed by atoms with Crippen LogP contribution < -0.4 is 11.3 Å². The first kappa shape index (κ1) is 26.4. The average molecular weight is 555 g/mol. The molecule has 0 spiro atoms. The summed E-state index contributed by atoms with van der Waals surface area (Å²) in [5.41, 5.74) is 1.88. The Balaban J connectivity index is 1.78. The second kappa shape index (κ2) is 8.80. The zero-order chi connectivity index (χ0) is 25.0. The van der Waals surface area contributed by atoms with Crippen molar-refractivity contribution in [2.75, 3.05) is 12.3 Å². The van der Waals surface area contributed by atoms with Crippen LogP contribution in [-0.2, 0) is 38.8 Å². The number of ether oxygens (including phenoxy) is 1. The number of nitrogens with zero attached hydrogens (tertiary/aromatic N) is 3. The van der Waals surface area contributed by atoms with Crippen LogP contribution in [0, 0.1) is 0 Å². The Labute approximate surface area is 187 Å². The van der Waals surface area contributed by atoms with Crippen molar-refractivity contribution in [1.82, 2.24) is 19.5 Å². The number of fused-ring (bicyclic) bond motifs is 1. The van der Waals surface area contributed by atoms with Crippen molar-refractivity contribution in [3.05, 3.63) is 16.7 Å². The Morgan fingerprint density at radius 1 is 1.36 bits per heavy atom. The van der Waals surface area contributed by atoms with Gasteiger partial charge in [-0.15, -0.1) is 0 Å². The molecule has 0 aromatic carbocycles. The molecule has 3 unspecified atom stereocenters. The van der Waals surface area contributed by atoms with Gasteiger partial charge in [-0.2, -0.15) is 9.29 Å². The molecule has 0 radical (unpaired) electrons. The second-order valence-electron chi connectivity index (χ2n) is 6.78. The summed E-state index contributed by atoms with van der Waals surface area (Å²) < 4.78 is 56.3. The Morgan fingerprint density at radius 3 is 2.61 bits per heavy atom. The van der Waals surface area contributed by atoms with Gasteiger partial charge >= 0.3 is 22.4 Å². The first-order valence-corrected chi connectivity index (χ1v) is 14.1. The number of phosphoric acid groups is 2. The Bertz CT molecular complexity index is 1260. The predicted molar refractivity (Wildman–Crippen MR) is 108 cm³/mol. The predicted octanol–water partition coefficient (Wildman–Crippen LogP) is -0.852. The van der Waals surface area contributed by atoms with E-state index in [0.29, 0.717) is 0 Å². The minimum atomic E-state index is -5.56. The molecule has 22 heteroatoms. The van der Waals surface area contributed by atoms with Crippen LogP contribution in [0.4, 0.5) is 10.3 Å². The summed E-state index contributed by atoms with van der Waals surface area (Å²) in [5.74, 6) is -0.294. The van der Waals surface area contributed by atoms with Gasteiger partial charge in [0.15, 0.2) is 23.1 Å². The van der Waals surface area contributed by atoms with Crippen molar-refractivity contribution >= 4 is 51.3 Å². The SMILES string of the molecule is C[C@@]1(F)[C@H](O)C(COP(O)(=S)OP(=O)(O)OP(=O)(O)O)O[C@H]1n1cnc2c(=O)[nH]c(N)nc21. The molecule has 0 saturated carbocycles. The lowest BCUT2D eigenvalue weighted by molar-refractivity contribution is -0.0548. The van der Waals surface area contributed by atoms with E-state index in [1.807, 2.05) is 0 Å². The monoisotopic (exact) mass is 555 g/mol. The van der Waals surface area contributed by atoms with Crippen molar-refractivity contribution < 1.29 is 56.1 Å². The van der Waals surface area contributed by atoms with E-state index in [1.165, 1.54) is 0 Å². The van der Waals surface area contributed by atoms with E-state index in [9.17, 15) is 28.8 Å². The number of nitrogens with two attached hydrogens (primary N) is 1. The van der Waals surface area contributed by atoms with Gasteiger partial charge in [-0.25, -0.2) is 22.8 Å². The van der Waals surface area contributed by atoms with Crippen LogP contribution in [0.1, 0.15) is 13.2 Å². The molecule has 2 aromatic heterocycles. The fourth-order valence-corrected chi connectivity index (χ4v) is 6.91. The van der Waals surface area contributed by atoms with Gasteiger partial charge in [-0.05, 0) is 18.7 Å². The highest BCUT2D eigenvalue weighted by molar-refractivity contribution is 8.08. The topological polar surface area (TPSA) is 262 Å². The molecule has 1 fully saturated rings. The molecule has 0 amide bonds. The third kappa shape index (κ3) is 5.91. The summed E-state index contributed by atoms with van der Waals surface area (Å²) in [6.07, 6.45) is -4.09. The molecular weight excluding hydrogens is 538 g/mol. The van der Waals surface area contributed by atoms with Crippen LogP contribution in [0.3, 0.4) is 0 Å². The zero-order valence-electron chi connectivity index (χ0n) is 16.2. The van der Waals surface area contributed by atoms with Crippen LogP contribution in [0.25, 0.3) is 11.2 Å². The normalized spacial score (nSPS) is 29.7. The van der Waals surface area contributed by atoms with Gasteiger partial charge in [0, 0.05) is 0 Å². The number of nitrogens with one attached hydrogen (secondary N) is 1. The molecule has 0 bridgehead atoms. The van der Waals surface area contributed by atoms with Gasteiger partial charge in [0.05, 0.1) is 12.9 Å². The Hall–Kier alpha value is -1.17. The third-order valence-electron chi connectivity index (χ3n) is 4.24. The number of anilines is 1. The van der Waals surface area contributed by atoms with Crippen molar-refractivity contribution in [3.63, 3.8) is 0 Å². The fourth-order valence-electron chi connectivity index (χ4n) is 2.94. The Morgan fingerprint density at radius 2 is 2.00 bits per heavy atom. The molecule has 1 aliphatic rings. The number of hydrogen-bond donors (Lipinski definition) is 7. The Kier molecular flexibility index (Phi) is 7.05. The lowest BCUT2D eigenvalue weighted by Gasteiger charge is -2.24. The van der Waals surface area contributed by atoms with E-state index in [1.54, 1.807) is 0 Å². The third-order valence-corrected chi connectivity index (χ3v) is 8.96. The highest BCUT2D eigenvalue weighted by Gasteiger charge is 2.56. The number of imidazole rings is 1. The van der Waals surface area contributed by atoms with Gasteiger partial charge < -0.3 is 39.7 Å². The van der Waals surface area contributed by atoms with E-state index in [2.05, 4.69) is 35.4 Å². The standard InChI is InChI=1S/C11H17FN5O12P3S/c1-11(12)6(18)4(2-26-32(25,33)29-31(23,24)28-30(20,21)22)27-9(11)17-3-14-5-7(17)15-10(13)16-8(5)19/h3-4,6,9,18H,2H2,1H3,(H,23,24)(H,25,33)(H2,20,21,22)(H3,13,15,16,19)/t4?,6-,9-,11-,32?/m1/s1. The number of halogens is 1. The van der Waals surface area contributed by atoms with Crippen molar-refractivity contribution in [1.29, 1.82) is 0 Å². The van der Waals surface area contributed by atoms with E-state index >= 15 is 4.39 Å². The summed E-state index contributed by atoms with van der Waals surface area (Å²) in [7, 11) is -11.1. The van der Waals surface area contributed by atoms with Crippen molar-refractivity contribution in [2.45, 2.75) is 31.0 Å². The number of alkyl halides is 1. The number of rotatable bonds is 8. The number of aliphatic hydroxyl groups is 1. The van der Waals surface area contributed by atoms with E-state index < -0.39 is 58.6 Å². The molecule has 33 heavy (non-hydrogen) atoms. The number of H-pyrrole nitrogens is 1. The van der Waals surface area contributed by atoms with Gasteiger partial charge in [-0.3, -0.25) is 14.3 Å².